The van der Waals surface area contributed by atoms with E-state index in [9.17, 15) is 4.79 Å². The zero-order valence-electron chi connectivity index (χ0n) is 9.11. The third-order valence-electron chi connectivity index (χ3n) is 3.16. The van der Waals surface area contributed by atoms with E-state index in [1.165, 1.54) is 19.3 Å². The van der Waals surface area contributed by atoms with Gasteiger partial charge >= 0.3 is 5.97 Å². The maximum atomic E-state index is 10.9. The first-order chi connectivity index (χ1) is 7.58. The van der Waals surface area contributed by atoms with Gasteiger partial charge in [-0.1, -0.05) is 15.9 Å². The summed E-state index contributed by atoms with van der Waals surface area (Å²) in [6.07, 6.45) is 3.67. The number of halogens is 1. The Morgan fingerprint density at radius 3 is 2.62 bits per heavy atom. The summed E-state index contributed by atoms with van der Waals surface area (Å²) >= 11 is 3.35. The lowest BCUT2D eigenvalue weighted by atomic mass is 9.91. The van der Waals surface area contributed by atoms with Crippen LogP contribution in [0.2, 0.25) is 0 Å². The fourth-order valence-corrected chi connectivity index (χ4v) is 2.37. The Morgan fingerprint density at radius 2 is 2.12 bits per heavy atom. The zero-order valence-corrected chi connectivity index (χ0v) is 10.7. The van der Waals surface area contributed by atoms with Gasteiger partial charge in [0.2, 0.25) is 0 Å². The summed E-state index contributed by atoms with van der Waals surface area (Å²) in [7, 11) is 2.03. The second-order valence-electron chi connectivity index (χ2n) is 4.20. The SMILES string of the molecule is CN(c1cc(Br)cc(C(=O)O)c1)C1CCC1. The number of nitrogens with zero attached hydrogens (tertiary/aromatic N) is 1. The normalized spacial score (nSPS) is 15.6. The van der Waals surface area contributed by atoms with Gasteiger partial charge in [-0.25, -0.2) is 4.79 Å². The standard InChI is InChI=1S/C12H14BrNO2/c1-14(10-3-2-4-10)11-6-8(12(15)16)5-9(13)7-11/h5-7,10H,2-4H2,1H3,(H,15,16). The second kappa shape index (κ2) is 4.45. The average molecular weight is 284 g/mol. The van der Waals surface area contributed by atoms with Crippen molar-refractivity contribution in [2.45, 2.75) is 25.3 Å². The summed E-state index contributed by atoms with van der Waals surface area (Å²) in [6.45, 7) is 0. The molecule has 1 aliphatic carbocycles. The molecule has 1 aromatic rings. The highest BCUT2D eigenvalue weighted by Crippen LogP contribution is 2.30. The van der Waals surface area contributed by atoms with Crippen LogP contribution in [-0.4, -0.2) is 24.2 Å². The maximum absolute atomic E-state index is 10.9. The van der Waals surface area contributed by atoms with Crippen LogP contribution >= 0.6 is 15.9 Å². The molecule has 0 unspecified atom stereocenters. The Labute approximate surface area is 103 Å². The van der Waals surface area contributed by atoms with Crippen molar-refractivity contribution >= 4 is 27.6 Å². The van der Waals surface area contributed by atoms with E-state index in [-0.39, 0.29) is 0 Å². The molecule has 0 radical (unpaired) electrons. The molecule has 0 heterocycles. The molecule has 0 saturated heterocycles. The topological polar surface area (TPSA) is 40.5 Å². The molecule has 0 aliphatic heterocycles. The van der Waals surface area contributed by atoms with Gasteiger partial charge in [0, 0.05) is 23.2 Å². The number of aromatic carboxylic acids is 1. The molecule has 0 atom stereocenters. The summed E-state index contributed by atoms with van der Waals surface area (Å²) in [5.41, 5.74) is 1.30. The van der Waals surface area contributed by atoms with Gasteiger partial charge in [0.05, 0.1) is 5.56 Å². The molecule has 1 N–H and O–H groups in total. The van der Waals surface area contributed by atoms with Crippen LogP contribution in [0.1, 0.15) is 29.6 Å². The van der Waals surface area contributed by atoms with Gasteiger partial charge < -0.3 is 10.0 Å². The fourth-order valence-electron chi connectivity index (χ4n) is 1.89. The summed E-state index contributed by atoms with van der Waals surface area (Å²) in [5.74, 6) is -0.885. The molecule has 3 nitrogen and oxygen atoms in total. The summed E-state index contributed by atoms with van der Waals surface area (Å²) in [6, 6.07) is 5.88. The first-order valence-electron chi connectivity index (χ1n) is 5.34. The van der Waals surface area contributed by atoms with Crippen molar-refractivity contribution in [3.05, 3.63) is 28.2 Å². The highest BCUT2D eigenvalue weighted by molar-refractivity contribution is 9.10. The van der Waals surface area contributed by atoms with E-state index in [4.69, 9.17) is 5.11 Å². The highest BCUT2D eigenvalue weighted by atomic mass is 79.9. The predicted molar refractivity (Wildman–Crippen MR) is 67.1 cm³/mol. The number of carboxylic acids is 1. The number of anilines is 1. The Hall–Kier alpha value is -1.03. The van der Waals surface area contributed by atoms with E-state index in [1.54, 1.807) is 12.1 Å². The van der Waals surface area contributed by atoms with Crippen molar-refractivity contribution in [3.8, 4) is 0 Å². The van der Waals surface area contributed by atoms with Crippen LogP contribution in [0.5, 0.6) is 0 Å². The summed E-state index contributed by atoms with van der Waals surface area (Å²) in [4.78, 5) is 13.1. The molecule has 2 rings (SSSR count). The Morgan fingerprint density at radius 1 is 1.44 bits per heavy atom. The number of benzene rings is 1. The van der Waals surface area contributed by atoms with Crippen LogP contribution in [-0.2, 0) is 0 Å². The molecule has 1 aromatic carbocycles. The molecule has 0 aromatic heterocycles. The molecule has 1 saturated carbocycles. The van der Waals surface area contributed by atoms with E-state index in [1.807, 2.05) is 13.1 Å². The maximum Gasteiger partial charge on any atom is 0.335 e. The van der Waals surface area contributed by atoms with E-state index >= 15 is 0 Å². The fraction of sp³-hybridized carbons (Fsp3) is 0.417. The van der Waals surface area contributed by atoms with Gasteiger partial charge in [0.25, 0.3) is 0 Å². The van der Waals surface area contributed by atoms with Gasteiger partial charge in [0.1, 0.15) is 0 Å². The minimum absolute atomic E-state index is 0.329. The molecular formula is C12H14BrNO2. The average Bonchev–Trinajstić information content (AvgIpc) is 2.13. The predicted octanol–water partition coefficient (Wildman–Crippen LogP) is 3.14. The number of carbonyl (C=O) groups is 1. The molecule has 1 aliphatic rings. The molecule has 86 valence electrons. The Bertz CT molecular complexity index is 415. The minimum atomic E-state index is -0.885. The van der Waals surface area contributed by atoms with Crippen molar-refractivity contribution in [3.63, 3.8) is 0 Å². The first kappa shape index (κ1) is 11.5. The number of hydrogen-bond donors (Lipinski definition) is 1. The first-order valence-corrected chi connectivity index (χ1v) is 6.14. The van der Waals surface area contributed by atoms with Crippen molar-refractivity contribution in [2.24, 2.45) is 0 Å². The van der Waals surface area contributed by atoms with Gasteiger partial charge in [-0.2, -0.15) is 0 Å². The van der Waals surface area contributed by atoms with Crippen molar-refractivity contribution in [1.29, 1.82) is 0 Å². The smallest absolute Gasteiger partial charge is 0.335 e. The third kappa shape index (κ3) is 2.21. The Balaban J connectivity index is 2.28. The van der Waals surface area contributed by atoms with Gasteiger partial charge in [0.15, 0.2) is 0 Å². The molecule has 16 heavy (non-hydrogen) atoms. The van der Waals surface area contributed by atoms with Crippen molar-refractivity contribution < 1.29 is 9.90 Å². The van der Waals surface area contributed by atoms with Crippen LogP contribution < -0.4 is 4.90 Å². The molecule has 4 heteroatoms. The van der Waals surface area contributed by atoms with E-state index in [0.29, 0.717) is 11.6 Å². The van der Waals surface area contributed by atoms with Crippen LogP contribution in [0.25, 0.3) is 0 Å². The lowest BCUT2D eigenvalue weighted by Crippen LogP contribution is -2.37. The zero-order chi connectivity index (χ0) is 11.7. The van der Waals surface area contributed by atoms with Crippen LogP contribution in [0.4, 0.5) is 5.69 Å². The van der Waals surface area contributed by atoms with Crippen molar-refractivity contribution in [2.75, 3.05) is 11.9 Å². The number of rotatable bonds is 3. The second-order valence-corrected chi connectivity index (χ2v) is 5.11. The van der Waals surface area contributed by atoms with E-state index in [2.05, 4.69) is 20.8 Å². The van der Waals surface area contributed by atoms with Gasteiger partial charge in [-0.3, -0.25) is 0 Å². The molecule has 0 spiro atoms. The molecular weight excluding hydrogens is 270 g/mol. The van der Waals surface area contributed by atoms with Crippen LogP contribution in [0.15, 0.2) is 22.7 Å². The van der Waals surface area contributed by atoms with Crippen molar-refractivity contribution in [1.82, 2.24) is 0 Å². The lowest BCUT2D eigenvalue weighted by Gasteiger charge is -2.36. The van der Waals surface area contributed by atoms with Gasteiger partial charge in [-0.15, -0.1) is 0 Å². The molecule has 0 bridgehead atoms. The molecule has 0 amide bonds. The summed E-state index contributed by atoms with van der Waals surface area (Å²) < 4.78 is 0.813. The monoisotopic (exact) mass is 283 g/mol. The van der Waals surface area contributed by atoms with E-state index < -0.39 is 5.97 Å². The quantitative estimate of drug-likeness (QED) is 0.927. The molecule has 1 fully saturated rings. The lowest BCUT2D eigenvalue weighted by molar-refractivity contribution is 0.0697. The largest absolute Gasteiger partial charge is 0.478 e. The Kier molecular flexibility index (Phi) is 3.19. The van der Waals surface area contributed by atoms with Crippen LogP contribution in [0.3, 0.4) is 0 Å². The van der Waals surface area contributed by atoms with E-state index in [0.717, 1.165) is 10.2 Å². The third-order valence-corrected chi connectivity index (χ3v) is 3.62. The minimum Gasteiger partial charge on any atom is -0.478 e. The summed E-state index contributed by atoms with van der Waals surface area (Å²) in [5, 5.41) is 8.99. The number of hydrogen-bond acceptors (Lipinski definition) is 2. The van der Waals surface area contributed by atoms with Crippen LogP contribution in [0, 0.1) is 0 Å². The highest BCUT2D eigenvalue weighted by Gasteiger charge is 2.23. The number of carboxylic acid groups (broad SMARTS) is 1. The van der Waals surface area contributed by atoms with Gasteiger partial charge in [-0.05, 0) is 37.5 Å².